The minimum absolute atomic E-state index is 0.130. The van der Waals surface area contributed by atoms with Crippen molar-refractivity contribution < 1.29 is 26.7 Å². The van der Waals surface area contributed by atoms with Gasteiger partial charge >= 0.3 is 0 Å². The first-order chi connectivity index (χ1) is 12.1. The van der Waals surface area contributed by atoms with Crippen LogP contribution in [-0.4, -0.2) is 27.5 Å². The van der Waals surface area contributed by atoms with Crippen LogP contribution in [0.2, 0.25) is 0 Å². The second-order valence-corrected chi connectivity index (χ2v) is 8.15. The zero-order chi connectivity index (χ0) is 19.2. The molecule has 0 fully saturated rings. The molecule has 0 saturated heterocycles. The number of halogens is 3. The fourth-order valence-electron chi connectivity index (χ4n) is 2.49. The number of nitrogens with one attached hydrogen (secondary N) is 1. The number of amides is 1. The zero-order valence-corrected chi connectivity index (χ0v) is 16.0. The first kappa shape index (κ1) is 18.6. The van der Waals surface area contributed by atoms with E-state index in [9.17, 15) is 22.0 Å². The molecule has 2 aromatic carbocycles. The lowest BCUT2D eigenvalue weighted by Gasteiger charge is -2.30. The molecule has 0 aromatic heterocycles. The SMILES string of the molecule is CC1Oc2cc(S(=O)(=O)Nc3ccc(F)c(F)c3)c(Br)cc2N(C)C1=O. The van der Waals surface area contributed by atoms with Crippen LogP contribution in [0.1, 0.15) is 6.92 Å². The summed E-state index contributed by atoms with van der Waals surface area (Å²) in [6.45, 7) is 1.55. The number of fused-ring (bicyclic) bond motifs is 1. The summed E-state index contributed by atoms with van der Waals surface area (Å²) in [7, 11) is -2.57. The first-order valence-corrected chi connectivity index (χ1v) is 9.63. The Morgan fingerprint density at radius 1 is 1.19 bits per heavy atom. The van der Waals surface area contributed by atoms with Gasteiger partial charge in [0.2, 0.25) is 0 Å². The lowest BCUT2D eigenvalue weighted by Crippen LogP contribution is -2.42. The quantitative estimate of drug-likeness (QED) is 0.784. The average molecular weight is 447 g/mol. The predicted octanol–water partition coefficient (Wildman–Crippen LogP) is 3.27. The number of carbonyl (C=O) groups excluding carboxylic acids is 1. The molecule has 2 aromatic rings. The Hall–Kier alpha value is -2.20. The molecule has 1 unspecified atom stereocenters. The molecule has 0 aliphatic carbocycles. The molecule has 26 heavy (non-hydrogen) atoms. The molecule has 1 atom stereocenters. The third kappa shape index (κ3) is 3.26. The predicted molar refractivity (Wildman–Crippen MR) is 94.8 cm³/mol. The van der Waals surface area contributed by atoms with Crippen LogP contribution in [-0.2, 0) is 14.8 Å². The summed E-state index contributed by atoms with van der Waals surface area (Å²) < 4.78 is 59.4. The highest BCUT2D eigenvalue weighted by Crippen LogP contribution is 2.39. The number of ether oxygens (including phenoxy) is 1. The van der Waals surface area contributed by atoms with Crippen LogP contribution in [0.3, 0.4) is 0 Å². The summed E-state index contributed by atoms with van der Waals surface area (Å²) >= 11 is 3.17. The summed E-state index contributed by atoms with van der Waals surface area (Å²) in [4.78, 5) is 13.2. The number of hydrogen-bond donors (Lipinski definition) is 1. The highest BCUT2D eigenvalue weighted by atomic mass is 79.9. The molecule has 1 N–H and O–H groups in total. The number of sulfonamides is 1. The monoisotopic (exact) mass is 446 g/mol. The fraction of sp³-hybridized carbons (Fsp3) is 0.188. The highest BCUT2D eigenvalue weighted by molar-refractivity contribution is 9.10. The third-order valence-electron chi connectivity index (χ3n) is 3.82. The van der Waals surface area contributed by atoms with Gasteiger partial charge in [0.15, 0.2) is 17.7 Å². The summed E-state index contributed by atoms with van der Waals surface area (Å²) in [5, 5.41) is 0. The topological polar surface area (TPSA) is 75.7 Å². The van der Waals surface area contributed by atoms with E-state index in [0.717, 1.165) is 18.2 Å². The highest BCUT2D eigenvalue weighted by Gasteiger charge is 2.31. The molecule has 1 aliphatic rings. The van der Waals surface area contributed by atoms with Crippen molar-refractivity contribution in [1.82, 2.24) is 0 Å². The van der Waals surface area contributed by atoms with Gasteiger partial charge in [-0.25, -0.2) is 17.2 Å². The number of anilines is 2. The number of rotatable bonds is 3. The first-order valence-electron chi connectivity index (χ1n) is 7.36. The van der Waals surface area contributed by atoms with Crippen molar-refractivity contribution in [2.45, 2.75) is 17.9 Å². The smallest absolute Gasteiger partial charge is 0.267 e. The van der Waals surface area contributed by atoms with E-state index in [1.54, 1.807) is 14.0 Å². The lowest BCUT2D eigenvalue weighted by atomic mass is 10.2. The number of benzene rings is 2. The second-order valence-electron chi connectivity index (χ2n) is 5.64. The van der Waals surface area contributed by atoms with E-state index in [-0.39, 0.29) is 26.7 Å². The maximum Gasteiger partial charge on any atom is 0.267 e. The Balaban J connectivity index is 2.02. The van der Waals surface area contributed by atoms with Crippen LogP contribution in [0.25, 0.3) is 0 Å². The van der Waals surface area contributed by atoms with Crippen molar-refractivity contribution in [3.05, 3.63) is 46.4 Å². The Bertz CT molecular complexity index is 1010. The number of nitrogens with zero attached hydrogens (tertiary/aromatic N) is 1. The van der Waals surface area contributed by atoms with E-state index in [1.165, 1.54) is 17.0 Å². The molecule has 0 radical (unpaired) electrons. The van der Waals surface area contributed by atoms with Crippen LogP contribution in [0.4, 0.5) is 20.2 Å². The molecule has 0 spiro atoms. The zero-order valence-electron chi connectivity index (χ0n) is 13.6. The summed E-state index contributed by atoms with van der Waals surface area (Å²) in [6.07, 6.45) is -0.761. The van der Waals surface area contributed by atoms with Gasteiger partial charge in [-0.2, -0.15) is 0 Å². The van der Waals surface area contributed by atoms with E-state index in [0.29, 0.717) is 5.69 Å². The van der Waals surface area contributed by atoms with Crippen molar-refractivity contribution in [2.24, 2.45) is 0 Å². The van der Waals surface area contributed by atoms with E-state index in [4.69, 9.17) is 4.74 Å². The van der Waals surface area contributed by atoms with Gasteiger partial charge in [0, 0.05) is 23.7 Å². The molecular formula is C16H13BrF2N2O4S. The molecule has 6 nitrogen and oxygen atoms in total. The van der Waals surface area contributed by atoms with E-state index >= 15 is 0 Å². The van der Waals surface area contributed by atoms with Crippen LogP contribution in [0.15, 0.2) is 39.7 Å². The van der Waals surface area contributed by atoms with Gasteiger partial charge in [0.25, 0.3) is 15.9 Å². The third-order valence-corrected chi connectivity index (χ3v) is 6.16. The minimum atomic E-state index is -4.13. The molecule has 1 aliphatic heterocycles. The molecule has 3 rings (SSSR count). The van der Waals surface area contributed by atoms with Crippen molar-refractivity contribution in [1.29, 1.82) is 0 Å². The average Bonchev–Trinajstić information content (AvgIpc) is 2.56. The normalized spacial score (nSPS) is 16.9. The number of likely N-dealkylation sites (N-methyl/N-ethyl adjacent to an activating group) is 1. The fourth-order valence-corrected chi connectivity index (χ4v) is 4.58. The second kappa shape index (κ2) is 6.51. The van der Waals surface area contributed by atoms with Gasteiger partial charge in [-0.05, 0) is 41.1 Å². The van der Waals surface area contributed by atoms with Crippen molar-refractivity contribution in [3.8, 4) is 5.75 Å². The minimum Gasteiger partial charge on any atom is -0.479 e. The maximum atomic E-state index is 13.3. The van der Waals surface area contributed by atoms with E-state index in [1.807, 2.05) is 0 Å². The van der Waals surface area contributed by atoms with Gasteiger partial charge < -0.3 is 9.64 Å². The Kier molecular flexibility index (Phi) is 4.65. The van der Waals surface area contributed by atoms with E-state index in [2.05, 4.69) is 20.7 Å². The van der Waals surface area contributed by atoms with Gasteiger partial charge in [-0.3, -0.25) is 9.52 Å². The largest absolute Gasteiger partial charge is 0.479 e. The summed E-state index contributed by atoms with van der Waals surface area (Å²) in [5.74, 6) is -2.31. The number of carbonyl (C=O) groups is 1. The van der Waals surface area contributed by atoms with Gasteiger partial charge in [-0.1, -0.05) is 0 Å². The molecule has 1 heterocycles. The molecule has 10 heteroatoms. The van der Waals surface area contributed by atoms with Crippen LogP contribution >= 0.6 is 15.9 Å². The van der Waals surface area contributed by atoms with Crippen molar-refractivity contribution in [3.63, 3.8) is 0 Å². The molecule has 1 amide bonds. The van der Waals surface area contributed by atoms with Crippen molar-refractivity contribution in [2.75, 3.05) is 16.7 Å². The standard InChI is InChI=1S/C16H13BrF2N2O4S/c1-8-16(22)21(2)13-6-10(17)15(7-14(13)25-8)26(23,24)20-9-3-4-11(18)12(19)5-9/h3-8,20H,1-2H3. The Morgan fingerprint density at radius 2 is 1.88 bits per heavy atom. The van der Waals surface area contributed by atoms with Gasteiger partial charge in [0.1, 0.15) is 10.6 Å². The van der Waals surface area contributed by atoms with Crippen LogP contribution in [0.5, 0.6) is 5.75 Å². The van der Waals surface area contributed by atoms with Crippen molar-refractivity contribution >= 4 is 43.2 Å². The van der Waals surface area contributed by atoms with Gasteiger partial charge in [0.05, 0.1) is 11.4 Å². The lowest BCUT2D eigenvalue weighted by molar-refractivity contribution is -0.125. The van der Waals surface area contributed by atoms with Crippen LogP contribution < -0.4 is 14.4 Å². The summed E-state index contributed by atoms with van der Waals surface area (Å²) in [5.41, 5.74) is 0.279. The summed E-state index contributed by atoms with van der Waals surface area (Å²) in [6, 6.07) is 5.37. The molecule has 0 bridgehead atoms. The molecule has 0 saturated carbocycles. The van der Waals surface area contributed by atoms with Crippen LogP contribution in [0, 0.1) is 11.6 Å². The Labute approximate surface area is 156 Å². The maximum absolute atomic E-state index is 13.3. The number of hydrogen-bond acceptors (Lipinski definition) is 4. The van der Waals surface area contributed by atoms with Gasteiger partial charge in [-0.15, -0.1) is 0 Å². The Morgan fingerprint density at radius 3 is 2.54 bits per heavy atom. The van der Waals surface area contributed by atoms with E-state index < -0.39 is 27.8 Å². The molecular weight excluding hydrogens is 434 g/mol. The molecule has 138 valence electrons.